The van der Waals surface area contributed by atoms with E-state index in [-0.39, 0.29) is 0 Å². The Kier molecular flexibility index (Phi) is 2.50. The Morgan fingerprint density at radius 2 is 1.83 bits per heavy atom. The summed E-state index contributed by atoms with van der Waals surface area (Å²) in [4.78, 5) is 10.3. The maximum absolute atomic E-state index is 10.3. The van der Waals surface area contributed by atoms with Gasteiger partial charge in [-0.3, -0.25) is 0 Å². The number of rotatable bonds is 2. The molecular weight excluding hydrogens is 155 g/mol. The molecule has 0 aliphatic rings. The number of aliphatic hydroxyl groups excluding tert-OH is 1. The minimum absolute atomic E-state index is 0.410. The fourth-order valence-electron chi connectivity index (χ4n) is 0.891. The zero-order valence-electron chi connectivity index (χ0n) is 6.69. The van der Waals surface area contributed by atoms with E-state index in [0.717, 1.165) is 5.46 Å². The average molecular weight is 164 g/mol. The van der Waals surface area contributed by atoms with Gasteiger partial charge in [0.05, 0.1) is 0 Å². The van der Waals surface area contributed by atoms with Gasteiger partial charge in [-0.1, -0.05) is 29.7 Å². The molecule has 0 saturated carbocycles. The molecule has 12 heavy (non-hydrogen) atoms. The number of carboxylic acids is 1. The molecule has 0 aliphatic heterocycles. The third-order valence-corrected chi connectivity index (χ3v) is 1.63. The molecule has 0 heterocycles. The van der Waals surface area contributed by atoms with Gasteiger partial charge in [-0.05, 0) is 5.56 Å². The first-order chi connectivity index (χ1) is 5.61. The van der Waals surface area contributed by atoms with E-state index < -0.39 is 12.1 Å². The van der Waals surface area contributed by atoms with Crippen LogP contribution in [0.15, 0.2) is 24.3 Å². The van der Waals surface area contributed by atoms with Gasteiger partial charge in [-0.2, -0.15) is 0 Å². The summed E-state index contributed by atoms with van der Waals surface area (Å²) < 4.78 is 0. The van der Waals surface area contributed by atoms with Crippen LogP contribution < -0.4 is 5.46 Å². The Morgan fingerprint density at radius 1 is 1.33 bits per heavy atom. The monoisotopic (exact) mass is 164 g/mol. The van der Waals surface area contributed by atoms with Crippen molar-refractivity contribution in [3.05, 3.63) is 29.8 Å². The second-order valence-electron chi connectivity index (χ2n) is 2.65. The van der Waals surface area contributed by atoms with Crippen LogP contribution in [0.1, 0.15) is 11.7 Å². The molecule has 0 fully saturated rings. The Hall–Kier alpha value is -1.29. The quantitative estimate of drug-likeness (QED) is 0.554. The van der Waals surface area contributed by atoms with Crippen LogP contribution >= 0.6 is 0 Å². The summed E-state index contributed by atoms with van der Waals surface area (Å²) in [5, 5.41) is 17.5. The highest BCUT2D eigenvalue weighted by Crippen LogP contribution is 2.10. The van der Waals surface area contributed by atoms with Crippen LogP contribution in [-0.2, 0) is 4.79 Å². The standard InChI is InChI=1S/C8H9BO3/c9-6-3-1-5(2-4-6)7(10)8(11)12/h1-4,7,10H,9H2,(H,11,12). The lowest BCUT2D eigenvalue weighted by Crippen LogP contribution is -2.11. The Labute approximate surface area is 71.1 Å². The van der Waals surface area contributed by atoms with Crippen molar-refractivity contribution in [2.45, 2.75) is 6.10 Å². The summed E-state index contributed by atoms with van der Waals surface area (Å²) in [5.41, 5.74) is 1.45. The molecule has 1 unspecified atom stereocenters. The molecule has 62 valence electrons. The lowest BCUT2D eigenvalue weighted by molar-refractivity contribution is -0.146. The number of hydrogen-bond acceptors (Lipinski definition) is 2. The molecule has 0 aliphatic carbocycles. The third-order valence-electron chi connectivity index (χ3n) is 1.63. The predicted molar refractivity (Wildman–Crippen MR) is 47.2 cm³/mol. The number of aliphatic hydroxyl groups is 1. The van der Waals surface area contributed by atoms with Crippen LogP contribution in [0.25, 0.3) is 0 Å². The highest BCUT2D eigenvalue weighted by atomic mass is 16.4. The zero-order valence-corrected chi connectivity index (χ0v) is 6.69. The van der Waals surface area contributed by atoms with Gasteiger partial charge in [0, 0.05) is 0 Å². The van der Waals surface area contributed by atoms with Crippen LogP contribution in [0.3, 0.4) is 0 Å². The van der Waals surface area contributed by atoms with E-state index in [4.69, 9.17) is 10.2 Å². The number of carboxylic acid groups (broad SMARTS) is 1. The van der Waals surface area contributed by atoms with Gasteiger partial charge in [-0.25, -0.2) is 4.79 Å². The molecule has 3 nitrogen and oxygen atoms in total. The maximum atomic E-state index is 10.3. The van der Waals surface area contributed by atoms with Gasteiger partial charge in [0.1, 0.15) is 7.85 Å². The van der Waals surface area contributed by atoms with Crippen molar-refractivity contribution in [1.29, 1.82) is 0 Å². The maximum Gasteiger partial charge on any atom is 0.337 e. The van der Waals surface area contributed by atoms with Gasteiger partial charge in [0.25, 0.3) is 0 Å². The Morgan fingerprint density at radius 3 is 2.25 bits per heavy atom. The van der Waals surface area contributed by atoms with Crippen LogP contribution in [0.5, 0.6) is 0 Å². The molecule has 0 spiro atoms. The zero-order chi connectivity index (χ0) is 9.14. The van der Waals surface area contributed by atoms with Crippen LogP contribution in [0, 0.1) is 0 Å². The molecule has 0 amide bonds. The molecule has 1 rings (SSSR count). The molecular formula is C8H9BO3. The first-order valence-electron chi connectivity index (χ1n) is 3.58. The molecule has 0 radical (unpaired) electrons. The number of benzene rings is 1. The minimum atomic E-state index is -1.41. The molecule has 1 aromatic rings. The fourth-order valence-corrected chi connectivity index (χ4v) is 0.891. The highest BCUT2D eigenvalue weighted by molar-refractivity contribution is 6.32. The van der Waals surface area contributed by atoms with Gasteiger partial charge in [0.2, 0.25) is 0 Å². The summed E-state index contributed by atoms with van der Waals surface area (Å²) >= 11 is 0. The Balaban J connectivity index is 2.89. The van der Waals surface area contributed by atoms with E-state index in [2.05, 4.69) is 0 Å². The van der Waals surface area contributed by atoms with E-state index >= 15 is 0 Å². The van der Waals surface area contributed by atoms with Crippen LogP contribution in [-0.4, -0.2) is 24.0 Å². The molecule has 0 bridgehead atoms. The molecule has 2 N–H and O–H groups in total. The van der Waals surface area contributed by atoms with E-state index in [0.29, 0.717) is 5.56 Å². The van der Waals surface area contributed by atoms with Gasteiger partial charge in [-0.15, -0.1) is 0 Å². The van der Waals surface area contributed by atoms with E-state index in [1.165, 1.54) is 0 Å². The molecule has 4 heteroatoms. The number of hydrogen-bond donors (Lipinski definition) is 2. The van der Waals surface area contributed by atoms with Crippen molar-refractivity contribution in [1.82, 2.24) is 0 Å². The first kappa shape index (κ1) is 8.81. The highest BCUT2D eigenvalue weighted by Gasteiger charge is 2.14. The molecule has 1 atom stereocenters. The molecule has 0 saturated heterocycles. The van der Waals surface area contributed by atoms with Crippen LogP contribution in [0.2, 0.25) is 0 Å². The van der Waals surface area contributed by atoms with Crippen molar-refractivity contribution in [2.75, 3.05) is 0 Å². The van der Waals surface area contributed by atoms with Crippen molar-refractivity contribution < 1.29 is 15.0 Å². The van der Waals surface area contributed by atoms with Crippen molar-refractivity contribution in [2.24, 2.45) is 0 Å². The van der Waals surface area contributed by atoms with Gasteiger partial charge >= 0.3 is 5.97 Å². The third kappa shape index (κ3) is 1.86. The summed E-state index contributed by atoms with van der Waals surface area (Å²) in [5.74, 6) is -1.22. The summed E-state index contributed by atoms with van der Waals surface area (Å²) in [6.07, 6.45) is -1.41. The van der Waals surface area contributed by atoms with E-state index in [9.17, 15) is 4.79 Å². The SMILES string of the molecule is Bc1ccc(C(O)C(=O)O)cc1. The average Bonchev–Trinajstić information content (AvgIpc) is 2.04. The predicted octanol–water partition coefficient (Wildman–Crippen LogP) is -0.937. The molecule has 1 aromatic carbocycles. The summed E-state index contributed by atoms with van der Waals surface area (Å²) in [7, 11) is 1.90. The lowest BCUT2D eigenvalue weighted by Gasteiger charge is -2.04. The topological polar surface area (TPSA) is 57.5 Å². The fraction of sp³-hybridized carbons (Fsp3) is 0.125. The largest absolute Gasteiger partial charge is 0.479 e. The normalized spacial score (nSPS) is 12.4. The van der Waals surface area contributed by atoms with Gasteiger partial charge in [0.15, 0.2) is 6.10 Å². The molecule has 0 aromatic heterocycles. The van der Waals surface area contributed by atoms with Crippen LogP contribution in [0.4, 0.5) is 0 Å². The van der Waals surface area contributed by atoms with Crippen molar-refractivity contribution in [3.8, 4) is 0 Å². The number of carbonyl (C=O) groups is 1. The smallest absolute Gasteiger partial charge is 0.337 e. The minimum Gasteiger partial charge on any atom is -0.479 e. The van der Waals surface area contributed by atoms with Crippen molar-refractivity contribution in [3.63, 3.8) is 0 Å². The van der Waals surface area contributed by atoms with E-state index in [1.54, 1.807) is 24.3 Å². The first-order valence-corrected chi connectivity index (χ1v) is 3.58. The van der Waals surface area contributed by atoms with Crippen molar-refractivity contribution >= 4 is 19.3 Å². The lowest BCUT2D eigenvalue weighted by atomic mass is 9.94. The van der Waals surface area contributed by atoms with Gasteiger partial charge < -0.3 is 10.2 Å². The van der Waals surface area contributed by atoms with E-state index in [1.807, 2.05) is 7.85 Å². The second-order valence-corrected chi connectivity index (χ2v) is 2.65. The summed E-state index contributed by atoms with van der Waals surface area (Å²) in [6, 6.07) is 6.74. The second kappa shape index (κ2) is 3.41. The summed E-state index contributed by atoms with van der Waals surface area (Å²) in [6.45, 7) is 0. The number of aliphatic carboxylic acids is 1. The Bertz CT molecular complexity index is 281.